The number of nitrogens with one attached hydrogen (secondary N) is 2. The maximum Gasteiger partial charge on any atom is 0.333 e. The molecule has 8 aliphatic rings. The molecule has 8 atom stereocenters. The number of phenolic OH excluding ortho intramolecular Hbond substituents is 1. The number of fused-ring (bicyclic) bond motifs is 8. The SMILES string of the molecule is COc1c(C)cc2c(c1O)[C@H]1[C@@H]3[C@@H]4SC[C@]5(N[C@H](CO)Cc6c5[nH]c5ccccc65)C(=O)OCC(c5c6c(c(C)c(OC(C)=O)c54)OCO6)N3C(O)(C2)CN1C. The second-order valence-corrected chi connectivity index (χ2v) is 17.1. The number of carbonyl (C=O) groups is 2. The number of para-hydroxylation sites is 1. The van der Waals surface area contributed by atoms with Gasteiger partial charge in [0.1, 0.15) is 18.1 Å². The van der Waals surface area contributed by atoms with E-state index in [0.717, 1.165) is 27.6 Å². The smallest absolute Gasteiger partial charge is 0.333 e. The van der Waals surface area contributed by atoms with E-state index in [4.69, 9.17) is 23.7 Å². The van der Waals surface area contributed by atoms with Crippen molar-refractivity contribution in [2.24, 2.45) is 0 Å². The van der Waals surface area contributed by atoms with Gasteiger partial charge in [-0.3, -0.25) is 19.9 Å². The molecular formula is C41H44N4O10S. The van der Waals surface area contributed by atoms with Crippen molar-refractivity contribution in [2.75, 3.05) is 46.5 Å². The van der Waals surface area contributed by atoms with Crippen LogP contribution in [0, 0.1) is 13.8 Å². The quantitative estimate of drug-likeness (QED) is 0.151. The topological polar surface area (TPSA) is 175 Å². The van der Waals surface area contributed by atoms with Gasteiger partial charge < -0.3 is 44.0 Å². The second kappa shape index (κ2) is 12.5. The molecule has 4 aromatic rings. The number of aromatic nitrogens is 1. The number of rotatable bonds is 3. The molecule has 0 amide bonds. The molecule has 8 aliphatic heterocycles. The Morgan fingerprint density at radius 1 is 1.11 bits per heavy atom. The van der Waals surface area contributed by atoms with Crippen LogP contribution in [0.25, 0.3) is 10.9 Å². The van der Waals surface area contributed by atoms with Gasteiger partial charge in [0, 0.05) is 70.9 Å². The van der Waals surface area contributed by atoms with Crippen LogP contribution >= 0.6 is 11.8 Å². The Bertz CT molecular complexity index is 2370. The molecule has 4 bridgehead atoms. The summed E-state index contributed by atoms with van der Waals surface area (Å²) in [5.74, 6) is 0.674. The van der Waals surface area contributed by atoms with E-state index in [1.807, 2.05) is 51.2 Å². The van der Waals surface area contributed by atoms with Crippen LogP contribution in [-0.2, 0) is 32.7 Å². The average molecular weight is 785 g/mol. The number of aromatic amines is 1. The number of thioether (sulfide) groups is 1. The van der Waals surface area contributed by atoms with E-state index >= 15 is 0 Å². The maximum absolute atomic E-state index is 15.0. The van der Waals surface area contributed by atoms with Crippen molar-refractivity contribution < 1.29 is 48.6 Å². The molecule has 1 spiro atoms. The van der Waals surface area contributed by atoms with Crippen LogP contribution in [0.5, 0.6) is 28.7 Å². The Hall–Kier alpha value is -4.51. The van der Waals surface area contributed by atoms with Crippen LogP contribution in [0.15, 0.2) is 30.3 Å². The van der Waals surface area contributed by atoms with E-state index in [0.29, 0.717) is 57.4 Å². The van der Waals surface area contributed by atoms with Gasteiger partial charge in [-0.25, -0.2) is 4.79 Å². The number of hydrogen-bond donors (Lipinski definition) is 5. The number of carbonyl (C=O) groups excluding carboxylic acids is 2. The van der Waals surface area contributed by atoms with Gasteiger partial charge in [-0.15, -0.1) is 11.8 Å². The minimum atomic E-state index is -1.52. The van der Waals surface area contributed by atoms with Gasteiger partial charge in [0.2, 0.25) is 6.79 Å². The van der Waals surface area contributed by atoms with E-state index in [1.165, 1.54) is 25.8 Å². The molecule has 1 aromatic heterocycles. The van der Waals surface area contributed by atoms with Crippen molar-refractivity contribution in [2.45, 2.75) is 74.3 Å². The normalized spacial score (nSPS) is 31.3. The number of H-pyrrole nitrogens is 1. The number of aliphatic hydroxyl groups is 2. The number of hydrogen-bond acceptors (Lipinski definition) is 14. The zero-order valence-electron chi connectivity index (χ0n) is 31.7. The Morgan fingerprint density at radius 2 is 1.89 bits per heavy atom. The highest BCUT2D eigenvalue weighted by Crippen LogP contribution is 2.65. The van der Waals surface area contributed by atoms with Crippen molar-refractivity contribution in [1.29, 1.82) is 0 Å². The minimum Gasteiger partial charge on any atom is -0.504 e. The van der Waals surface area contributed by atoms with Gasteiger partial charge in [-0.05, 0) is 50.1 Å². The standard InChI is InChI=1S/C41H44N4O10S/c1-18-10-21-12-40(50)15-44(4)30(27(21)32(48)33(18)51-5)31-37-29-28(36-35(53-17-54-36)19(2)34(29)55-20(3)47)26(45(31)40)14-52-39(49)41(16-56-37)38-24(11-22(13-46)43-41)23-8-6-7-9-25(23)42-38/h6-10,22,26,30-31,37,42-43,46,48,50H,11-17H2,1-5H3/t22-,26?,30-,31+,37+,40?,41+/m0/s1. The lowest BCUT2D eigenvalue weighted by Crippen LogP contribution is -2.70. The van der Waals surface area contributed by atoms with Crippen molar-refractivity contribution in [1.82, 2.24) is 20.1 Å². The van der Waals surface area contributed by atoms with E-state index in [1.54, 1.807) is 0 Å². The summed E-state index contributed by atoms with van der Waals surface area (Å²) in [6.07, 6.45) is 0.664. The van der Waals surface area contributed by atoms with Gasteiger partial charge >= 0.3 is 11.9 Å². The number of ether oxygens (including phenoxy) is 5. The van der Waals surface area contributed by atoms with Crippen molar-refractivity contribution in [3.8, 4) is 28.7 Å². The molecule has 9 heterocycles. The number of methoxy groups -OCH3 is 1. The van der Waals surface area contributed by atoms with Crippen LogP contribution in [0.4, 0.5) is 0 Å². The average Bonchev–Trinajstić information content (AvgIpc) is 3.76. The fourth-order valence-electron chi connectivity index (χ4n) is 10.8. The Morgan fingerprint density at radius 3 is 2.66 bits per heavy atom. The summed E-state index contributed by atoms with van der Waals surface area (Å²) in [5.41, 5.74) is 3.60. The third-order valence-corrected chi connectivity index (χ3v) is 14.3. The monoisotopic (exact) mass is 784 g/mol. The van der Waals surface area contributed by atoms with Crippen LogP contribution < -0.4 is 24.3 Å². The number of likely N-dealkylation sites (N-methyl/N-ethyl adjacent to an activating group) is 1. The molecular weight excluding hydrogens is 741 g/mol. The predicted molar refractivity (Wildman–Crippen MR) is 204 cm³/mol. The first-order chi connectivity index (χ1) is 26.9. The number of piperazine rings is 1. The highest BCUT2D eigenvalue weighted by atomic mass is 32.2. The predicted octanol–water partition coefficient (Wildman–Crippen LogP) is 3.54. The third kappa shape index (κ3) is 4.75. The molecule has 0 radical (unpaired) electrons. The molecule has 12 rings (SSSR count). The first-order valence-electron chi connectivity index (χ1n) is 18.9. The van der Waals surface area contributed by atoms with E-state index < -0.39 is 52.6 Å². The minimum absolute atomic E-state index is 0.0102. The van der Waals surface area contributed by atoms with Crippen molar-refractivity contribution >= 4 is 34.6 Å². The van der Waals surface area contributed by atoms with Gasteiger partial charge in [0.05, 0.1) is 36.7 Å². The number of phenols is 1. The van der Waals surface area contributed by atoms with Crippen LogP contribution in [0.1, 0.15) is 68.9 Å². The van der Waals surface area contributed by atoms with Gasteiger partial charge in [0.25, 0.3) is 0 Å². The number of nitrogens with zero attached hydrogens (tertiary/aromatic N) is 2. The maximum atomic E-state index is 15.0. The van der Waals surface area contributed by atoms with Gasteiger partial charge in [-0.1, -0.05) is 24.3 Å². The summed E-state index contributed by atoms with van der Waals surface area (Å²) >= 11 is 1.48. The molecule has 2 fully saturated rings. The second-order valence-electron chi connectivity index (χ2n) is 16.0. The molecule has 294 valence electrons. The molecule has 15 heteroatoms. The molecule has 14 nitrogen and oxygen atoms in total. The Labute approximate surface area is 327 Å². The molecule has 3 aromatic carbocycles. The largest absolute Gasteiger partial charge is 0.504 e. The van der Waals surface area contributed by atoms with Crippen molar-refractivity contribution in [3.63, 3.8) is 0 Å². The zero-order valence-corrected chi connectivity index (χ0v) is 32.5. The molecule has 3 unspecified atom stereocenters. The highest BCUT2D eigenvalue weighted by Gasteiger charge is 2.64. The van der Waals surface area contributed by atoms with Gasteiger partial charge in [-0.2, -0.15) is 0 Å². The fourth-order valence-corrected chi connectivity index (χ4v) is 12.5. The Balaban J connectivity index is 1.26. The fraction of sp³-hybridized carbons (Fsp3) is 0.463. The third-order valence-electron chi connectivity index (χ3n) is 12.8. The summed E-state index contributed by atoms with van der Waals surface area (Å²) in [6.45, 7) is 4.80. The van der Waals surface area contributed by atoms with Crippen molar-refractivity contribution in [3.05, 3.63) is 75.0 Å². The molecule has 0 saturated carbocycles. The molecule has 2 saturated heterocycles. The zero-order chi connectivity index (χ0) is 39.0. The number of benzene rings is 3. The molecule has 56 heavy (non-hydrogen) atoms. The first-order valence-corrected chi connectivity index (χ1v) is 20.0. The highest BCUT2D eigenvalue weighted by molar-refractivity contribution is 7.99. The first kappa shape index (κ1) is 35.9. The summed E-state index contributed by atoms with van der Waals surface area (Å²) in [6, 6.07) is 7.51. The van der Waals surface area contributed by atoms with E-state index in [-0.39, 0.29) is 44.5 Å². The van der Waals surface area contributed by atoms with Crippen LogP contribution in [-0.4, -0.2) is 106 Å². The number of aromatic hydroxyl groups is 1. The van der Waals surface area contributed by atoms with Crippen LogP contribution in [0.2, 0.25) is 0 Å². The molecule has 0 aliphatic carbocycles. The Kier molecular flexibility index (Phi) is 8.00. The van der Waals surface area contributed by atoms with Crippen LogP contribution in [0.3, 0.4) is 0 Å². The lowest BCUT2D eigenvalue weighted by atomic mass is 9.78. The van der Waals surface area contributed by atoms with E-state index in [9.17, 15) is 24.9 Å². The van der Waals surface area contributed by atoms with E-state index in [2.05, 4.69) is 20.1 Å². The summed E-state index contributed by atoms with van der Waals surface area (Å²) < 4.78 is 30.7. The number of esters is 2. The summed E-state index contributed by atoms with van der Waals surface area (Å²) in [5, 5.41) is 39.8. The number of aryl methyl sites for hydroxylation is 1. The lowest BCUT2D eigenvalue weighted by Gasteiger charge is -2.60. The summed E-state index contributed by atoms with van der Waals surface area (Å²) in [7, 11) is 3.47. The molecule has 5 N–H and O–H groups in total. The lowest BCUT2D eigenvalue weighted by molar-refractivity contribution is -0.215. The number of aliphatic hydroxyl groups excluding tert-OH is 1. The summed E-state index contributed by atoms with van der Waals surface area (Å²) in [4.78, 5) is 35.6. The van der Waals surface area contributed by atoms with Gasteiger partial charge in [0.15, 0.2) is 28.5 Å².